The standard InChI is InChI=1S/C4H4F7N/c1-2(5,6)3(7,8)4(9,10)12-11/h12H,1H3. The molecule has 12 heavy (non-hydrogen) atoms. The minimum Gasteiger partial charge on any atom is -0.200 e. The van der Waals surface area contributed by atoms with Crippen molar-refractivity contribution in [3.63, 3.8) is 0 Å². The van der Waals surface area contributed by atoms with Gasteiger partial charge in [0.15, 0.2) is 0 Å². The summed E-state index contributed by atoms with van der Waals surface area (Å²) in [7, 11) is 0. The van der Waals surface area contributed by atoms with Crippen molar-refractivity contribution in [3.8, 4) is 0 Å². The molecule has 0 aromatic heterocycles. The Hall–Kier alpha value is -0.530. The van der Waals surface area contributed by atoms with Crippen molar-refractivity contribution in [2.45, 2.75) is 24.8 Å². The zero-order valence-electron chi connectivity index (χ0n) is 5.65. The van der Waals surface area contributed by atoms with Crippen LogP contribution >= 0.6 is 0 Å². The third-order valence-corrected chi connectivity index (χ3v) is 1.06. The molecule has 0 fully saturated rings. The van der Waals surface area contributed by atoms with Crippen molar-refractivity contribution >= 4 is 0 Å². The fourth-order valence-electron chi connectivity index (χ4n) is 0.335. The molecule has 0 rings (SSSR count). The zero-order chi connectivity index (χ0) is 10.2. The Labute approximate surface area is 62.5 Å². The second-order valence-corrected chi connectivity index (χ2v) is 2.13. The van der Waals surface area contributed by atoms with Crippen LogP contribution in [-0.2, 0) is 0 Å². The molecule has 74 valence electrons. The SMILES string of the molecule is CC(F)(F)C(F)(F)C(F)(F)NF. The molecule has 0 unspecified atom stereocenters. The molecule has 8 heteroatoms. The number of rotatable bonds is 3. The first-order valence-electron chi connectivity index (χ1n) is 2.57. The van der Waals surface area contributed by atoms with Crippen molar-refractivity contribution < 1.29 is 30.8 Å². The van der Waals surface area contributed by atoms with Gasteiger partial charge in [0.2, 0.25) is 0 Å². The number of nitrogens with one attached hydrogen (secondary N) is 1. The topological polar surface area (TPSA) is 12.0 Å². The third kappa shape index (κ3) is 1.62. The third-order valence-electron chi connectivity index (χ3n) is 1.06. The van der Waals surface area contributed by atoms with Gasteiger partial charge in [0, 0.05) is 6.92 Å². The van der Waals surface area contributed by atoms with Crippen molar-refractivity contribution in [1.82, 2.24) is 5.54 Å². The van der Waals surface area contributed by atoms with Crippen LogP contribution in [0.2, 0.25) is 0 Å². The summed E-state index contributed by atoms with van der Waals surface area (Å²) < 4.78 is 81.7. The van der Waals surface area contributed by atoms with E-state index >= 15 is 0 Å². The van der Waals surface area contributed by atoms with Gasteiger partial charge in [-0.1, -0.05) is 5.54 Å². The van der Waals surface area contributed by atoms with E-state index in [2.05, 4.69) is 0 Å². The summed E-state index contributed by atoms with van der Waals surface area (Å²) >= 11 is 0. The van der Waals surface area contributed by atoms with Gasteiger partial charge in [0.1, 0.15) is 0 Å². The van der Waals surface area contributed by atoms with Gasteiger partial charge >= 0.3 is 17.9 Å². The van der Waals surface area contributed by atoms with Crippen LogP contribution < -0.4 is 5.54 Å². The first-order valence-corrected chi connectivity index (χ1v) is 2.57. The number of halogens is 7. The smallest absolute Gasteiger partial charge is 0.200 e. The molecule has 0 saturated heterocycles. The van der Waals surface area contributed by atoms with Crippen molar-refractivity contribution in [2.75, 3.05) is 0 Å². The van der Waals surface area contributed by atoms with Crippen LogP contribution in [0.25, 0.3) is 0 Å². The van der Waals surface area contributed by atoms with Gasteiger partial charge in [0.05, 0.1) is 0 Å². The molecular weight excluding hydrogens is 195 g/mol. The maximum atomic E-state index is 11.9. The Morgan fingerprint density at radius 2 is 1.25 bits per heavy atom. The first kappa shape index (κ1) is 11.5. The van der Waals surface area contributed by atoms with Crippen LogP contribution in [0.15, 0.2) is 0 Å². The Bertz CT molecular complexity index is 159. The number of hydrogen-bond donors (Lipinski definition) is 1. The Balaban J connectivity index is 4.85. The van der Waals surface area contributed by atoms with E-state index in [-0.39, 0.29) is 0 Å². The van der Waals surface area contributed by atoms with E-state index in [1.165, 1.54) is 0 Å². The average Bonchev–Trinajstić information content (AvgIpc) is 1.85. The highest BCUT2D eigenvalue weighted by molar-refractivity contribution is 4.90. The highest BCUT2D eigenvalue weighted by atomic mass is 19.4. The predicted molar refractivity (Wildman–Crippen MR) is 24.8 cm³/mol. The average molecular weight is 199 g/mol. The molecule has 0 aliphatic heterocycles. The van der Waals surface area contributed by atoms with Crippen LogP contribution in [0.5, 0.6) is 0 Å². The highest BCUT2D eigenvalue weighted by Gasteiger charge is 2.70. The lowest BCUT2D eigenvalue weighted by molar-refractivity contribution is -0.326. The molecule has 0 aromatic carbocycles. The summed E-state index contributed by atoms with van der Waals surface area (Å²) in [4.78, 5) is 0. The van der Waals surface area contributed by atoms with Gasteiger partial charge < -0.3 is 0 Å². The predicted octanol–water partition coefficient (Wildman–Crippen LogP) is 2.34. The van der Waals surface area contributed by atoms with Crippen LogP contribution in [0.3, 0.4) is 0 Å². The highest BCUT2D eigenvalue weighted by Crippen LogP contribution is 2.43. The summed E-state index contributed by atoms with van der Waals surface area (Å²) in [6, 6.07) is -5.58. The minimum atomic E-state index is -5.77. The molecule has 0 radical (unpaired) electrons. The van der Waals surface area contributed by atoms with E-state index in [1.54, 1.807) is 0 Å². The summed E-state index contributed by atoms with van der Waals surface area (Å²) in [5.74, 6) is -10.8. The second-order valence-electron chi connectivity index (χ2n) is 2.13. The minimum absolute atomic E-state index is 0.432. The second kappa shape index (κ2) is 2.75. The lowest BCUT2D eigenvalue weighted by Crippen LogP contribution is -2.57. The van der Waals surface area contributed by atoms with Gasteiger partial charge in [-0.15, -0.1) is 4.48 Å². The number of alkyl halides is 6. The van der Waals surface area contributed by atoms with Crippen molar-refractivity contribution in [2.24, 2.45) is 0 Å². The molecule has 0 heterocycles. The van der Waals surface area contributed by atoms with Gasteiger partial charge in [-0.05, 0) is 0 Å². The molecule has 0 atom stereocenters. The molecule has 0 aliphatic carbocycles. The Morgan fingerprint density at radius 1 is 0.917 bits per heavy atom. The molecule has 0 saturated carbocycles. The van der Waals surface area contributed by atoms with Crippen LogP contribution in [0.1, 0.15) is 6.92 Å². The maximum Gasteiger partial charge on any atom is 0.396 e. The molecule has 1 nitrogen and oxygen atoms in total. The van der Waals surface area contributed by atoms with Crippen LogP contribution in [0.4, 0.5) is 30.8 Å². The maximum absolute atomic E-state index is 11.9. The van der Waals surface area contributed by atoms with Crippen molar-refractivity contribution in [1.29, 1.82) is 0 Å². The summed E-state index contributed by atoms with van der Waals surface area (Å²) in [5.41, 5.74) is -0.675. The van der Waals surface area contributed by atoms with E-state index in [0.29, 0.717) is 0 Å². The Morgan fingerprint density at radius 3 is 1.33 bits per heavy atom. The zero-order valence-corrected chi connectivity index (χ0v) is 5.65. The van der Waals surface area contributed by atoms with E-state index in [1.807, 2.05) is 0 Å². The lowest BCUT2D eigenvalue weighted by Gasteiger charge is -2.28. The molecule has 0 aliphatic rings. The van der Waals surface area contributed by atoms with E-state index in [4.69, 9.17) is 0 Å². The van der Waals surface area contributed by atoms with Gasteiger partial charge in [0.25, 0.3) is 0 Å². The quantitative estimate of drug-likeness (QED) is 0.418. The monoisotopic (exact) mass is 199 g/mol. The normalized spacial score (nSPS) is 15.0. The number of hydrogen-bond acceptors (Lipinski definition) is 1. The summed E-state index contributed by atoms with van der Waals surface area (Å²) in [6.07, 6.45) is 0. The van der Waals surface area contributed by atoms with Gasteiger partial charge in [-0.3, -0.25) is 0 Å². The van der Waals surface area contributed by atoms with Crippen molar-refractivity contribution in [3.05, 3.63) is 0 Å². The van der Waals surface area contributed by atoms with E-state index < -0.39 is 30.4 Å². The fraction of sp³-hybridized carbons (Fsp3) is 1.00. The summed E-state index contributed by atoms with van der Waals surface area (Å²) in [5, 5.41) is 0. The first-order chi connectivity index (χ1) is 5.06. The largest absolute Gasteiger partial charge is 0.396 e. The molecule has 0 amide bonds. The molecule has 0 spiro atoms. The van der Waals surface area contributed by atoms with Gasteiger partial charge in [-0.25, -0.2) is 0 Å². The lowest BCUT2D eigenvalue weighted by atomic mass is 10.1. The summed E-state index contributed by atoms with van der Waals surface area (Å²) in [6.45, 7) is -0.432. The molecule has 0 bridgehead atoms. The molecular formula is C4H4F7N. The van der Waals surface area contributed by atoms with Gasteiger partial charge in [-0.2, -0.15) is 26.3 Å². The Kier molecular flexibility index (Phi) is 2.63. The van der Waals surface area contributed by atoms with E-state index in [0.717, 1.165) is 0 Å². The van der Waals surface area contributed by atoms with Crippen LogP contribution in [-0.4, -0.2) is 17.9 Å². The fourth-order valence-corrected chi connectivity index (χ4v) is 0.335. The van der Waals surface area contributed by atoms with E-state index in [9.17, 15) is 30.8 Å². The molecule has 0 aromatic rings. The van der Waals surface area contributed by atoms with Crippen LogP contribution in [0, 0.1) is 0 Å². The molecule has 1 N–H and O–H groups in total.